The van der Waals surface area contributed by atoms with Gasteiger partial charge in [0.05, 0.1) is 17.6 Å². The highest BCUT2D eigenvalue weighted by molar-refractivity contribution is 6.35. The fourth-order valence-corrected chi connectivity index (χ4v) is 2.20. The lowest BCUT2D eigenvalue weighted by atomic mass is 10.2. The number of halogens is 1. The molecule has 0 amide bonds. The number of hydrogen-bond acceptors (Lipinski definition) is 3. The summed E-state index contributed by atoms with van der Waals surface area (Å²) in [5.74, 6) is 2.25. The van der Waals surface area contributed by atoms with Crippen LogP contribution in [-0.2, 0) is 0 Å². The Morgan fingerprint density at radius 1 is 0.950 bits per heavy atom. The molecule has 0 aliphatic heterocycles. The average Bonchev–Trinajstić information content (AvgIpc) is 2.49. The third-order valence-electron chi connectivity index (χ3n) is 2.97. The summed E-state index contributed by atoms with van der Waals surface area (Å²) in [5.41, 5.74) is 0.736. The van der Waals surface area contributed by atoms with Crippen molar-refractivity contribution in [3.63, 3.8) is 0 Å². The zero-order valence-electron chi connectivity index (χ0n) is 10.8. The lowest BCUT2D eigenvalue weighted by Crippen LogP contribution is -1.88. The molecule has 0 saturated carbocycles. The summed E-state index contributed by atoms with van der Waals surface area (Å²) in [6.07, 6.45) is 1.69. The zero-order chi connectivity index (χ0) is 13.9. The predicted molar refractivity (Wildman–Crippen MR) is 79.8 cm³/mol. The van der Waals surface area contributed by atoms with Gasteiger partial charge in [-0.3, -0.25) is 4.98 Å². The molecule has 1 heterocycles. The van der Waals surface area contributed by atoms with E-state index in [0.29, 0.717) is 5.02 Å². The number of ether oxygens (including phenoxy) is 2. The Balaban J connectivity index is 1.99. The molecule has 0 bridgehead atoms. The quantitative estimate of drug-likeness (QED) is 0.699. The van der Waals surface area contributed by atoms with Gasteiger partial charge in [-0.25, -0.2) is 0 Å². The molecule has 0 fully saturated rings. The standard InChI is InChI=1S/C16H12ClNO2/c1-19-11-5-7-12(8-6-11)20-15-9-10-18-16-13(15)3-2-4-14(16)17/h2-10H,1H3. The molecule has 4 heteroatoms. The Morgan fingerprint density at radius 2 is 1.70 bits per heavy atom. The van der Waals surface area contributed by atoms with Gasteiger partial charge >= 0.3 is 0 Å². The van der Waals surface area contributed by atoms with Crippen LogP contribution in [0.4, 0.5) is 0 Å². The van der Waals surface area contributed by atoms with Crippen LogP contribution in [-0.4, -0.2) is 12.1 Å². The molecular formula is C16H12ClNO2. The summed E-state index contributed by atoms with van der Waals surface area (Å²) in [4.78, 5) is 4.28. The topological polar surface area (TPSA) is 31.4 Å². The molecule has 0 aliphatic rings. The van der Waals surface area contributed by atoms with Gasteiger partial charge in [0, 0.05) is 11.6 Å². The van der Waals surface area contributed by atoms with Crippen molar-refractivity contribution in [3.8, 4) is 17.2 Å². The van der Waals surface area contributed by atoms with E-state index in [1.807, 2.05) is 48.5 Å². The van der Waals surface area contributed by atoms with Gasteiger partial charge in [-0.05, 0) is 42.5 Å². The maximum atomic E-state index is 6.14. The number of nitrogens with zero attached hydrogens (tertiary/aromatic N) is 1. The summed E-state index contributed by atoms with van der Waals surface area (Å²) >= 11 is 6.14. The van der Waals surface area contributed by atoms with E-state index in [2.05, 4.69) is 4.98 Å². The van der Waals surface area contributed by atoms with E-state index in [4.69, 9.17) is 21.1 Å². The Kier molecular flexibility index (Phi) is 3.44. The van der Waals surface area contributed by atoms with Crippen molar-refractivity contribution in [1.29, 1.82) is 0 Å². The molecule has 20 heavy (non-hydrogen) atoms. The summed E-state index contributed by atoms with van der Waals surface area (Å²) in [6, 6.07) is 14.9. The first-order valence-electron chi connectivity index (χ1n) is 6.13. The lowest BCUT2D eigenvalue weighted by Gasteiger charge is -2.09. The fraction of sp³-hybridized carbons (Fsp3) is 0.0625. The van der Waals surface area contributed by atoms with Gasteiger partial charge in [-0.1, -0.05) is 17.7 Å². The Morgan fingerprint density at radius 3 is 2.45 bits per heavy atom. The van der Waals surface area contributed by atoms with Crippen LogP contribution in [0, 0.1) is 0 Å². The molecule has 1 aromatic heterocycles. The minimum atomic E-state index is 0.614. The molecule has 3 aromatic rings. The maximum absolute atomic E-state index is 6.14. The van der Waals surface area contributed by atoms with E-state index in [0.717, 1.165) is 28.2 Å². The third-order valence-corrected chi connectivity index (χ3v) is 3.27. The molecule has 3 rings (SSSR count). The SMILES string of the molecule is COc1ccc(Oc2ccnc3c(Cl)cccc23)cc1. The smallest absolute Gasteiger partial charge is 0.138 e. The Bertz CT molecular complexity index is 741. The zero-order valence-corrected chi connectivity index (χ0v) is 11.6. The van der Waals surface area contributed by atoms with Gasteiger partial charge < -0.3 is 9.47 Å². The number of hydrogen-bond donors (Lipinski definition) is 0. The first-order chi connectivity index (χ1) is 9.78. The van der Waals surface area contributed by atoms with E-state index in [1.54, 1.807) is 13.3 Å². The van der Waals surface area contributed by atoms with Crippen LogP contribution >= 0.6 is 11.6 Å². The summed E-state index contributed by atoms with van der Waals surface area (Å²) < 4.78 is 11.0. The van der Waals surface area contributed by atoms with Crippen molar-refractivity contribution in [1.82, 2.24) is 4.98 Å². The van der Waals surface area contributed by atoms with Gasteiger partial charge in [0.1, 0.15) is 17.2 Å². The minimum Gasteiger partial charge on any atom is -0.497 e. The van der Waals surface area contributed by atoms with Crippen LogP contribution in [0.3, 0.4) is 0 Å². The van der Waals surface area contributed by atoms with Crippen LogP contribution in [0.2, 0.25) is 5.02 Å². The van der Waals surface area contributed by atoms with Crippen molar-refractivity contribution in [2.75, 3.05) is 7.11 Å². The van der Waals surface area contributed by atoms with E-state index in [1.165, 1.54) is 0 Å². The van der Waals surface area contributed by atoms with E-state index in [9.17, 15) is 0 Å². The molecule has 0 spiro atoms. The second kappa shape index (κ2) is 5.39. The molecule has 0 N–H and O–H groups in total. The first kappa shape index (κ1) is 12.8. The van der Waals surface area contributed by atoms with Crippen molar-refractivity contribution < 1.29 is 9.47 Å². The van der Waals surface area contributed by atoms with E-state index >= 15 is 0 Å². The van der Waals surface area contributed by atoms with Crippen molar-refractivity contribution in [3.05, 3.63) is 59.8 Å². The van der Waals surface area contributed by atoms with Crippen LogP contribution in [0.25, 0.3) is 10.9 Å². The monoisotopic (exact) mass is 285 g/mol. The van der Waals surface area contributed by atoms with Crippen molar-refractivity contribution in [2.24, 2.45) is 0 Å². The number of para-hydroxylation sites is 1. The molecule has 0 atom stereocenters. The molecule has 3 nitrogen and oxygen atoms in total. The molecule has 0 unspecified atom stereocenters. The summed E-state index contributed by atoms with van der Waals surface area (Å²) in [5, 5.41) is 1.50. The second-order valence-corrected chi connectivity index (χ2v) is 4.63. The second-order valence-electron chi connectivity index (χ2n) is 4.22. The van der Waals surface area contributed by atoms with Gasteiger partial charge in [0.15, 0.2) is 0 Å². The largest absolute Gasteiger partial charge is 0.497 e. The third kappa shape index (κ3) is 2.40. The highest BCUT2D eigenvalue weighted by atomic mass is 35.5. The lowest BCUT2D eigenvalue weighted by molar-refractivity contribution is 0.413. The highest BCUT2D eigenvalue weighted by Crippen LogP contribution is 2.32. The predicted octanol–water partition coefficient (Wildman–Crippen LogP) is 4.69. The van der Waals surface area contributed by atoms with Crippen LogP contribution in [0.5, 0.6) is 17.2 Å². The number of methoxy groups -OCH3 is 1. The van der Waals surface area contributed by atoms with Crippen molar-refractivity contribution in [2.45, 2.75) is 0 Å². The van der Waals surface area contributed by atoms with Gasteiger partial charge in [0.25, 0.3) is 0 Å². The molecular weight excluding hydrogens is 274 g/mol. The normalized spacial score (nSPS) is 10.5. The molecule has 0 aliphatic carbocycles. The minimum absolute atomic E-state index is 0.614. The summed E-state index contributed by atoms with van der Waals surface area (Å²) in [6.45, 7) is 0. The van der Waals surface area contributed by atoms with Crippen LogP contribution in [0.15, 0.2) is 54.7 Å². The van der Waals surface area contributed by atoms with Crippen LogP contribution in [0.1, 0.15) is 0 Å². The van der Waals surface area contributed by atoms with E-state index in [-0.39, 0.29) is 0 Å². The van der Waals surface area contributed by atoms with Gasteiger partial charge in [0.2, 0.25) is 0 Å². The van der Waals surface area contributed by atoms with E-state index < -0.39 is 0 Å². The number of benzene rings is 2. The average molecular weight is 286 g/mol. The first-order valence-corrected chi connectivity index (χ1v) is 6.51. The molecule has 0 radical (unpaired) electrons. The maximum Gasteiger partial charge on any atom is 0.138 e. The molecule has 100 valence electrons. The Hall–Kier alpha value is -2.26. The fourth-order valence-electron chi connectivity index (χ4n) is 1.97. The highest BCUT2D eigenvalue weighted by Gasteiger charge is 2.07. The molecule has 2 aromatic carbocycles. The van der Waals surface area contributed by atoms with Gasteiger partial charge in [-0.15, -0.1) is 0 Å². The number of aromatic nitrogens is 1. The number of rotatable bonds is 3. The number of pyridine rings is 1. The molecule has 0 saturated heterocycles. The number of fused-ring (bicyclic) bond motifs is 1. The van der Waals surface area contributed by atoms with Crippen molar-refractivity contribution >= 4 is 22.5 Å². The van der Waals surface area contributed by atoms with Gasteiger partial charge in [-0.2, -0.15) is 0 Å². The summed E-state index contributed by atoms with van der Waals surface area (Å²) in [7, 11) is 1.63. The Labute approximate surface area is 121 Å². The van der Waals surface area contributed by atoms with Crippen LogP contribution < -0.4 is 9.47 Å².